The summed E-state index contributed by atoms with van der Waals surface area (Å²) in [6.45, 7) is 2.17. The van der Waals surface area contributed by atoms with Crippen molar-refractivity contribution in [3.8, 4) is 0 Å². The summed E-state index contributed by atoms with van der Waals surface area (Å²) in [6, 6.07) is 0. The van der Waals surface area contributed by atoms with E-state index in [0.29, 0.717) is 6.61 Å². The smallest absolute Gasteiger partial charge is 0.340 e. The van der Waals surface area contributed by atoms with Crippen molar-refractivity contribution in [2.75, 3.05) is 20.7 Å². The van der Waals surface area contributed by atoms with Crippen LogP contribution >= 0.6 is 0 Å². The van der Waals surface area contributed by atoms with E-state index in [2.05, 4.69) is 10.9 Å². The fourth-order valence-electron chi connectivity index (χ4n) is 0.907. The molecule has 0 radical (unpaired) electrons. The molecule has 0 unspecified atom stereocenters. The van der Waals surface area contributed by atoms with E-state index in [1.54, 1.807) is 31.3 Å². The van der Waals surface area contributed by atoms with Crippen LogP contribution < -0.4 is 10.9 Å². The molecule has 12 heavy (non-hydrogen) atoms. The maximum absolute atomic E-state index is 11.1. The molecule has 6 heteroatoms. The average Bonchev–Trinajstić information content (AvgIpc) is 2.33. The Morgan fingerprint density at radius 2 is 1.92 bits per heavy atom. The van der Waals surface area contributed by atoms with E-state index >= 15 is 0 Å². The highest BCUT2D eigenvalue weighted by Gasteiger charge is 2.29. The van der Waals surface area contributed by atoms with E-state index in [1.165, 1.54) is 0 Å². The van der Waals surface area contributed by atoms with Crippen molar-refractivity contribution in [3.63, 3.8) is 0 Å². The molecule has 2 N–H and O–H groups in total. The topological polar surface area (TPSA) is 56.8 Å². The van der Waals surface area contributed by atoms with Crippen molar-refractivity contribution >= 4 is 5.97 Å². The Morgan fingerprint density at radius 1 is 1.42 bits per heavy atom. The first-order valence-corrected chi connectivity index (χ1v) is 3.81. The highest BCUT2D eigenvalue weighted by Crippen LogP contribution is 1.97. The molecule has 1 heterocycles. The van der Waals surface area contributed by atoms with Crippen LogP contribution in [0.5, 0.6) is 0 Å². The second-order valence-electron chi connectivity index (χ2n) is 2.49. The molecule has 1 rings (SSSR count). The lowest BCUT2D eigenvalue weighted by molar-refractivity contribution is -0.146. The number of nitrogens with one attached hydrogen (secondary N) is 2. The summed E-state index contributed by atoms with van der Waals surface area (Å²) in [5, 5.41) is 3.34. The Labute approximate surface area is 71.4 Å². The lowest BCUT2D eigenvalue weighted by Gasteiger charge is -2.14. The summed E-state index contributed by atoms with van der Waals surface area (Å²) in [5.74, 6) is -0.297. The van der Waals surface area contributed by atoms with Gasteiger partial charge in [-0.25, -0.2) is 15.6 Å². The van der Waals surface area contributed by atoms with Crippen LogP contribution in [0.2, 0.25) is 0 Å². The summed E-state index contributed by atoms with van der Waals surface area (Å²) in [5.41, 5.74) is 5.72. The van der Waals surface area contributed by atoms with Crippen molar-refractivity contribution in [3.05, 3.63) is 0 Å². The first-order valence-electron chi connectivity index (χ1n) is 3.81. The van der Waals surface area contributed by atoms with Crippen LogP contribution in [0, 0.1) is 0 Å². The maximum atomic E-state index is 11.1. The molecule has 0 spiro atoms. The second kappa shape index (κ2) is 3.81. The molecule has 0 aromatic carbocycles. The van der Waals surface area contributed by atoms with Crippen molar-refractivity contribution in [2.45, 2.75) is 13.1 Å². The van der Waals surface area contributed by atoms with E-state index in [4.69, 9.17) is 4.74 Å². The van der Waals surface area contributed by atoms with E-state index in [0.717, 1.165) is 0 Å². The molecule has 1 saturated heterocycles. The fourth-order valence-corrected chi connectivity index (χ4v) is 0.907. The van der Waals surface area contributed by atoms with Crippen LogP contribution in [0.3, 0.4) is 0 Å². The monoisotopic (exact) mass is 174 g/mol. The van der Waals surface area contributed by atoms with Crippen molar-refractivity contribution in [1.82, 2.24) is 21.1 Å². The molecule has 0 aromatic heterocycles. The summed E-state index contributed by atoms with van der Waals surface area (Å²) in [6.07, 6.45) is -0.472. The molecule has 1 aliphatic heterocycles. The highest BCUT2D eigenvalue weighted by molar-refractivity contribution is 5.75. The van der Waals surface area contributed by atoms with E-state index < -0.39 is 6.17 Å². The number of carbonyl (C=O) groups excluding carboxylic acids is 1. The number of rotatable bonds is 2. The summed E-state index contributed by atoms with van der Waals surface area (Å²) in [7, 11) is 3.60. The minimum atomic E-state index is -0.472. The van der Waals surface area contributed by atoms with Crippen LogP contribution in [0.25, 0.3) is 0 Å². The molecule has 6 nitrogen and oxygen atoms in total. The SMILES string of the molecule is CCOC(=O)C1NN(C)N(C)N1. The zero-order chi connectivity index (χ0) is 9.14. The first kappa shape index (κ1) is 9.40. The van der Waals surface area contributed by atoms with Gasteiger partial charge in [0, 0.05) is 14.1 Å². The minimum Gasteiger partial charge on any atom is -0.464 e. The zero-order valence-electron chi connectivity index (χ0n) is 7.50. The number of carbonyl (C=O) groups is 1. The van der Waals surface area contributed by atoms with Crippen molar-refractivity contribution in [2.24, 2.45) is 0 Å². The molecule has 0 amide bonds. The van der Waals surface area contributed by atoms with Gasteiger partial charge in [0.25, 0.3) is 0 Å². The van der Waals surface area contributed by atoms with Gasteiger partial charge in [0.1, 0.15) is 0 Å². The van der Waals surface area contributed by atoms with Gasteiger partial charge in [-0.05, 0) is 6.92 Å². The third-order valence-electron chi connectivity index (χ3n) is 1.60. The van der Waals surface area contributed by atoms with Gasteiger partial charge >= 0.3 is 5.97 Å². The van der Waals surface area contributed by atoms with Gasteiger partial charge in [-0.2, -0.15) is 10.2 Å². The number of esters is 1. The molecule has 0 bridgehead atoms. The molecule has 0 atom stereocenters. The van der Waals surface area contributed by atoms with Gasteiger partial charge in [-0.15, -0.1) is 0 Å². The van der Waals surface area contributed by atoms with E-state index in [-0.39, 0.29) is 5.97 Å². The third-order valence-corrected chi connectivity index (χ3v) is 1.60. The molecular weight excluding hydrogens is 160 g/mol. The van der Waals surface area contributed by atoms with Gasteiger partial charge in [0.2, 0.25) is 0 Å². The second-order valence-corrected chi connectivity index (χ2v) is 2.49. The summed E-state index contributed by atoms with van der Waals surface area (Å²) >= 11 is 0. The van der Waals surface area contributed by atoms with Crippen molar-refractivity contribution in [1.29, 1.82) is 0 Å². The third kappa shape index (κ3) is 1.92. The lowest BCUT2D eigenvalue weighted by atomic mass is 10.5. The largest absolute Gasteiger partial charge is 0.464 e. The van der Waals surface area contributed by atoms with E-state index in [9.17, 15) is 4.79 Å². The van der Waals surface area contributed by atoms with Gasteiger partial charge in [0.05, 0.1) is 6.61 Å². The Balaban J connectivity index is 2.40. The maximum Gasteiger partial charge on any atom is 0.340 e. The molecular formula is C6H14N4O2. The number of hydrogen-bond donors (Lipinski definition) is 2. The van der Waals surface area contributed by atoms with Crippen LogP contribution in [0.1, 0.15) is 6.92 Å². The quantitative estimate of drug-likeness (QED) is 0.506. The molecule has 1 aliphatic rings. The van der Waals surface area contributed by atoms with Gasteiger partial charge in [-0.3, -0.25) is 0 Å². The van der Waals surface area contributed by atoms with Crippen LogP contribution in [0.4, 0.5) is 0 Å². The predicted octanol–water partition coefficient (Wildman–Crippen LogP) is -1.32. The first-order chi connectivity index (χ1) is 5.65. The Morgan fingerprint density at radius 3 is 2.33 bits per heavy atom. The number of hydrazine groups is 3. The molecule has 0 saturated carbocycles. The van der Waals surface area contributed by atoms with Crippen LogP contribution in [-0.4, -0.2) is 43.1 Å². The van der Waals surface area contributed by atoms with Gasteiger partial charge in [0.15, 0.2) is 6.17 Å². The average molecular weight is 174 g/mol. The standard InChI is InChI=1S/C6H14N4O2/c1-4-12-6(11)5-7-9(2)10(3)8-5/h5,7-8H,4H2,1-3H3. The highest BCUT2D eigenvalue weighted by atomic mass is 16.5. The lowest BCUT2D eigenvalue weighted by Crippen LogP contribution is -2.42. The normalized spacial score (nSPS) is 21.6. The Bertz CT molecular complexity index is 165. The van der Waals surface area contributed by atoms with Gasteiger partial charge < -0.3 is 4.74 Å². The zero-order valence-corrected chi connectivity index (χ0v) is 7.50. The van der Waals surface area contributed by atoms with E-state index in [1.807, 2.05) is 0 Å². The molecule has 0 aromatic rings. The molecule has 1 fully saturated rings. The van der Waals surface area contributed by atoms with Crippen LogP contribution in [0.15, 0.2) is 0 Å². The van der Waals surface area contributed by atoms with Gasteiger partial charge in [-0.1, -0.05) is 0 Å². The number of nitrogens with zero attached hydrogens (tertiary/aromatic N) is 2. The number of hydrogen-bond acceptors (Lipinski definition) is 6. The Kier molecular flexibility index (Phi) is 2.99. The summed E-state index contributed by atoms with van der Waals surface area (Å²) in [4.78, 5) is 11.1. The minimum absolute atomic E-state index is 0.297. The van der Waals surface area contributed by atoms with Crippen LogP contribution in [-0.2, 0) is 9.53 Å². The predicted molar refractivity (Wildman–Crippen MR) is 42.2 cm³/mol. The fraction of sp³-hybridized carbons (Fsp3) is 0.833. The summed E-state index contributed by atoms with van der Waals surface area (Å²) < 4.78 is 4.81. The number of ether oxygens (including phenoxy) is 1. The van der Waals surface area contributed by atoms with Crippen molar-refractivity contribution < 1.29 is 9.53 Å². The Hall–Kier alpha value is -0.690. The molecule has 70 valence electrons. The molecule has 0 aliphatic carbocycles.